The van der Waals surface area contributed by atoms with Crippen LogP contribution in [0.25, 0.3) is 0 Å². The van der Waals surface area contributed by atoms with Gasteiger partial charge in [0.25, 0.3) is 0 Å². The van der Waals surface area contributed by atoms with Crippen molar-refractivity contribution in [1.29, 1.82) is 0 Å². The van der Waals surface area contributed by atoms with Crippen molar-refractivity contribution in [3.05, 3.63) is 11.6 Å². The van der Waals surface area contributed by atoms with E-state index in [-0.39, 0.29) is 11.7 Å². The van der Waals surface area contributed by atoms with E-state index in [0.717, 1.165) is 57.0 Å². The predicted octanol–water partition coefficient (Wildman–Crippen LogP) is 5.43. The Kier molecular flexibility index (Phi) is 4.55. The minimum Gasteiger partial charge on any atom is -0.353 e. The fourth-order valence-electron chi connectivity index (χ4n) is 7.55. The molecule has 0 bridgehead atoms. The molecule has 1 heterocycles. The first-order valence-corrected chi connectivity index (χ1v) is 11.5. The lowest BCUT2D eigenvalue weighted by atomic mass is 9.48. The Labute approximate surface area is 164 Å². The summed E-state index contributed by atoms with van der Waals surface area (Å²) in [6.45, 7) is 5.67. The number of hydrogen-bond donors (Lipinski definition) is 0. The lowest BCUT2D eigenvalue weighted by Gasteiger charge is -2.57. The number of rotatable bonds is 2. The van der Waals surface area contributed by atoms with Crippen LogP contribution in [0, 0.1) is 28.6 Å². The van der Waals surface area contributed by atoms with Gasteiger partial charge >= 0.3 is 0 Å². The van der Waals surface area contributed by atoms with E-state index < -0.39 is 0 Å². The zero-order chi connectivity index (χ0) is 18.6. The Morgan fingerprint density at radius 3 is 2.67 bits per heavy atom. The second-order valence-electron chi connectivity index (χ2n) is 10.5. The van der Waals surface area contributed by atoms with Gasteiger partial charge in [-0.15, -0.1) is 0 Å². The zero-order valence-electron chi connectivity index (χ0n) is 17.2. The third-order valence-corrected chi connectivity index (χ3v) is 9.25. The quantitative estimate of drug-likeness (QED) is 0.606. The van der Waals surface area contributed by atoms with Crippen molar-refractivity contribution < 1.29 is 14.3 Å². The highest BCUT2D eigenvalue weighted by Gasteiger charge is 2.58. The summed E-state index contributed by atoms with van der Waals surface area (Å²) in [5.41, 5.74) is 1.98. The molecule has 4 aliphatic carbocycles. The fraction of sp³-hybridized carbons (Fsp3) is 0.875. The summed E-state index contributed by atoms with van der Waals surface area (Å²) in [6, 6.07) is 0. The van der Waals surface area contributed by atoms with E-state index in [2.05, 4.69) is 19.9 Å². The van der Waals surface area contributed by atoms with Gasteiger partial charge in [0.05, 0.1) is 6.10 Å². The summed E-state index contributed by atoms with van der Waals surface area (Å²) in [5.74, 6) is 2.68. The molecule has 0 aromatic heterocycles. The molecule has 0 unspecified atom stereocenters. The average Bonchev–Trinajstić information content (AvgIpc) is 2.98. The number of carbonyl (C=O) groups is 1. The summed E-state index contributed by atoms with van der Waals surface area (Å²) in [7, 11) is 0. The Morgan fingerprint density at radius 1 is 1.04 bits per heavy atom. The molecule has 3 saturated carbocycles. The standard InChI is InChI=1S/C24H36O3/c1-23-12-10-17(27-22-5-3-4-14-26-22)15-16(23)6-7-18-19-8-9-21(25)24(19,2)13-11-20(18)23/h6,17-20,22H,3-5,7-15H2,1-2H3/t17-,18-,19-,20-,22-,23+,24+/m1/s1. The van der Waals surface area contributed by atoms with Crippen molar-refractivity contribution in [3.8, 4) is 0 Å². The van der Waals surface area contributed by atoms with Gasteiger partial charge in [0.1, 0.15) is 5.78 Å². The van der Waals surface area contributed by atoms with Crippen molar-refractivity contribution in [1.82, 2.24) is 0 Å². The fourth-order valence-corrected chi connectivity index (χ4v) is 7.55. The van der Waals surface area contributed by atoms with Crippen LogP contribution in [0.2, 0.25) is 0 Å². The van der Waals surface area contributed by atoms with E-state index in [1.165, 1.54) is 32.1 Å². The summed E-state index contributed by atoms with van der Waals surface area (Å²) in [6.07, 6.45) is 15.4. The molecule has 5 aliphatic rings. The first kappa shape index (κ1) is 18.4. The van der Waals surface area contributed by atoms with Gasteiger partial charge in [-0.2, -0.15) is 0 Å². The van der Waals surface area contributed by atoms with Crippen LogP contribution < -0.4 is 0 Å². The van der Waals surface area contributed by atoms with Crippen LogP contribution in [0.1, 0.15) is 84.5 Å². The number of Topliss-reactive ketones (excluding diaryl/α,β-unsaturated/α-hetero) is 1. The number of allylic oxidation sites excluding steroid dienone is 1. The summed E-state index contributed by atoms with van der Waals surface area (Å²) in [5, 5.41) is 0. The molecule has 0 aromatic carbocycles. The van der Waals surface area contributed by atoms with Crippen LogP contribution in [0.15, 0.2) is 11.6 Å². The molecule has 0 aromatic rings. The Bertz CT molecular complexity index is 634. The van der Waals surface area contributed by atoms with Crippen LogP contribution in [-0.4, -0.2) is 24.8 Å². The van der Waals surface area contributed by atoms with Crippen molar-refractivity contribution in [2.45, 2.75) is 96.9 Å². The smallest absolute Gasteiger partial charge is 0.157 e. The SMILES string of the molecule is C[C@]12CC[C@@H](O[C@@H]3CCCCO3)CC1=CC[C@H]1[C@H]2CC[C@]2(C)C(=O)CC[C@H]12. The molecule has 1 saturated heterocycles. The molecule has 150 valence electrons. The summed E-state index contributed by atoms with van der Waals surface area (Å²) in [4.78, 5) is 12.6. The van der Waals surface area contributed by atoms with Gasteiger partial charge in [0.2, 0.25) is 0 Å². The van der Waals surface area contributed by atoms with E-state index in [9.17, 15) is 4.79 Å². The molecule has 3 heteroatoms. The molecule has 0 spiro atoms. The Morgan fingerprint density at radius 2 is 1.85 bits per heavy atom. The maximum absolute atomic E-state index is 12.6. The molecular weight excluding hydrogens is 336 g/mol. The highest BCUT2D eigenvalue weighted by molar-refractivity contribution is 5.87. The first-order valence-electron chi connectivity index (χ1n) is 11.5. The Hall–Kier alpha value is -0.670. The van der Waals surface area contributed by atoms with Crippen LogP contribution in [-0.2, 0) is 14.3 Å². The molecule has 27 heavy (non-hydrogen) atoms. The Balaban J connectivity index is 1.32. The molecule has 0 N–H and O–H groups in total. The van der Waals surface area contributed by atoms with Crippen LogP contribution in [0.4, 0.5) is 0 Å². The summed E-state index contributed by atoms with van der Waals surface area (Å²) < 4.78 is 12.2. The predicted molar refractivity (Wildman–Crippen MR) is 105 cm³/mol. The van der Waals surface area contributed by atoms with E-state index >= 15 is 0 Å². The van der Waals surface area contributed by atoms with Crippen molar-refractivity contribution in [2.24, 2.45) is 28.6 Å². The monoisotopic (exact) mass is 372 g/mol. The number of ether oxygens (including phenoxy) is 2. The van der Waals surface area contributed by atoms with Gasteiger partial charge in [0.15, 0.2) is 6.29 Å². The molecule has 0 radical (unpaired) electrons. The minimum absolute atomic E-state index is 0.0124. The van der Waals surface area contributed by atoms with E-state index in [0.29, 0.717) is 23.2 Å². The lowest BCUT2D eigenvalue weighted by molar-refractivity contribution is -0.195. The van der Waals surface area contributed by atoms with Crippen LogP contribution >= 0.6 is 0 Å². The van der Waals surface area contributed by atoms with Gasteiger partial charge in [-0.05, 0) is 87.4 Å². The maximum Gasteiger partial charge on any atom is 0.157 e. The van der Waals surface area contributed by atoms with E-state index in [4.69, 9.17) is 9.47 Å². The molecule has 3 nitrogen and oxygen atoms in total. The normalized spacial score (nSPS) is 49.8. The zero-order valence-corrected chi connectivity index (χ0v) is 17.2. The second kappa shape index (κ2) is 6.69. The number of fused-ring (bicyclic) bond motifs is 5. The largest absolute Gasteiger partial charge is 0.353 e. The van der Waals surface area contributed by atoms with Gasteiger partial charge < -0.3 is 9.47 Å². The molecule has 7 atom stereocenters. The van der Waals surface area contributed by atoms with E-state index in [1.54, 1.807) is 5.57 Å². The van der Waals surface area contributed by atoms with Crippen molar-refractivity contribution in [3.63, 3.8) is 0 Å². The van der Waals surface area contributed by atoms with Gasteiger partial charge in [-0.25, -0.2) is 0 Å². The number of ketones is 1. The lowest BCUT2D eigenvalue weighted by Crippen LogP contribution is -2.50. The highest BCUT2D eigenvalue weighted by Crippen LogP contribution is 2.64. The second-order valence-corrected chi connectivity index (χ2v) is 10.5. The third kappa shape index (κ3) is 2.87. The van der Waals surface area contributed by atoms with Crippen LogP contribution in [0.5, 0.6) is 0 Å². The van der Waals surface area contributed by atoms with Gasteiger partial charge in [-0.3, -0.25) is 4.79 Å². The number of hydrogen-bond acceptors (Lipinski definition) is 3. The van der Waals surface area contributed by atoms with E-state index in [1.807, 2.05) is 0 Å². The first-order chi connectivity index (χ1) is 13.0. The molecule has 1 aliphatic heterocycles. The maximum atomic E-state index is 12.6. The van der Waals surface area contributed by atoms with Crippen LogP contribution in [0.3, 0.4) is 0 Å². The third-order valence-electron chi connectivity index (χ3n) is 9.25. The van der Waals surface area contributed by atoms with Gasteiger partial charge in [0, 0.05) is 18.4 Å². The minimum atomic E-state index is -0.0124. The average molecular weight is 373 g/mol. The van der Waals surface area contributed by atoms with Crippen molar-refractivity contribution >= 4 is 5.78 Å². The number of carbonyl (C=O) groups excluding carboxylic acids is 1. The molecule has 5 rings (SSSR count). The molecular formula is C24H36O3. The molecule has 0 amide bonds. The topological polar surface area (TPSA) is 35.5 Å². The highest BCUT2D eigenvalue weighted by atomic mass is 16.7. The van der Waals surface area contributed by atoms with Gasteiger partial charge in [-0.1, -0.05) is 25.5 Å². The molecule has 4 fully saturated rings. The van der Waals surface area contributed by atoms with Crippen molar-refractivity contribution in [2.75, 3.05) is 6.61 Å². The summed E-state index contributed by atoms with van der Waals surface area (Å²) >= 11 is 0.